The number of benzene rings is 1. The van der Waals surface area contributed by atoms with E-state index in [1.807, 2.05) is 20.8 Å². The summed E-state index contributed by atoms with van der Waals surface area (Å²) < 4.78 is 5.14. The van der Waals surface area contributed by atoms with E-state index in [4.69, 9.17) is 27.9 Å². The third-order valence-electron chi connectivity index (χ3n) is 1.82. The Hall–Kier alpha value is -0.220. The molecule has 0 radical (unpaired) electrons. The average molecular weight is 309 g/mol. The Kier molecular flexibility index (Phi) is 10.5. The molecule has 2 nitrogen and oxygen atoms in total. The van der Waals surface area contributed by atoms with Gasteiger partial charge in [-0.05, 0) is 25.1 Å². The lowest BCUT2D eigenvalue weighted by Crippen LogP contribution is -2.01. The number of carbonyl (C=O) groups is 1. The van der Waals surface area contributed by atoms with Crippen LogP contribution in [-0.2, 0) is 4.74 Å². The fourth-order valence-corrected chi connectivity index (χ4v) is 2.34. The second kappa shape index (κ2) is 10.7. The zero-order chi connectivity index (χ0) is 14.0. The molecule has 0 heterocycles. The Morgan fingerprint density at radius 3 is 2.56 bits per heavy atom. The molecule has 0 fully saturated rings. The van der Waals surface area contributed by atoms with Crippen molar-refractivity contribution in [1.82, 2.24) is 0 Å². The van der Waals surface area contributed by atoms with Gasteiger partial charge in [-0.25, -0.2) is 0 Å². The van der Waals surface area contributed by atoms with Gasteiger partial charge in [-0.3, -0.25) is 4.79 Å². The van der Waals surface area contributed by atoms with E-state index in [-0.39, 0.29) is 5.12 Å². The van der Waals surface area contributed by atoms with Crippen molar-refractivity contribution >= 4 is 40.1 Å². The van der Waals surface area contributed by atoms with Gasteiger partial charge in [0.2, 0.25) is 5.12 Å². The molecule has 0 aliphatic heterocycles. The zero-order valence-corrected chi connectivity index (χ0v) is 13.2. The summed E-state index contributed by atoms with van der Waals surface area (Å²) in [4.78, 5) is 11.7. The lowest BCUT2D eigenvalue weighted by molar-refractivity contribution is 0.108. The van der Waals surface area contributed by atoms with Crippen molar-refractivity contribution in [2.45, 2.75) is 20.8 Å². The van der Waals surface area contributed by atoms with E-state index in [2.05, 4.69) is 0 Å². The number of ether oxygens (including phenoxy) is 1. The zero-order valence-electron chi connectivity index (χ0n) is 10.8. The Balaban J connectivity index is 0.00000137. The van der Waals surface area contributed by atoms with Crippen molar-refractivity contribution < 1.29 is 9.53 Å². The fourth-order valence-electron chi connectivity index (χ4n) is 1.07. The predicted octanol–water partition coefficient (Wildman–Crippen LogP) is 4.93. The molecule has 1 aromatic carbocycles. The van der Waals surface area contributed by atoms with E-state index in [0.29, 0.717) is 34.6 Å². The maximum atomic E-state index is 11.7. The van der Waals surface area contributed by atoms with E-state index in [1.54, 1.807) is 18.2 Å². The number of hydrogen-bond acceptors (Lipinski definition) is 3. The quantitative estimate of drug-likeness (QED) is 0.721. The number of rotatable bonds is 5. The summed E-state index contributed by atoms with van der Waals surface area (Å²) in [7, 11) is 0. The van der Waals surface area contributed by atoms with Crippen LogP contribution < -0.4 is 0 Å². The number of carbonyl (C=O) groups excluding carboxylic acids is 1. The van der Waals surface area contributed by atoms with Crippen LogP contribution in [0.25, 0.3) is 0 Å². The van der Waals surface area contributed by atoms with E-state index in [0.717, 1.165) is 0 Å². The van der Waals surface area contributed by atoms with Gasteiger partial charge in [-0.15, -0.1) is 0 Å². The van der Waals surface area contributed by atoms with Crippen LogP contribution in [0.3, 0.4) is 0 Å². The molecular formula is C13H18Cl2O2S. The van der Waals surface area contributed by atoms with Crippen LogP contribution in [-0.4, -0.2) is 24.1 Å². The highest BCUT2D eigenvalue weighted by atomic mass is 35.5. The Morgan fingerprint density at radius 1 is 1.33 bits per heavy atom. The highest BCUT2D eigenvalue weighted by molar-refractivity contribution is 8.14. The normalized spacial score (nSPS) is 9.61. The first-order chi connectivity index (χ1) is 8.65. The molecule has 1 aromatic rings. The van der Waals surface area contributed by atoms with Crippen LogP contribution in [0.4, 0.5) is 0 Å². The minimum atomic E-state index is -0.0543. The molecule has 18 heavy (non-hydrogen) atoms. The van der Waals surface area contributed by atoms with E-state index in [1.165, 1.54) is 11.8 Å². The van der Waals surface area contributed by atoms with Gasteiger partial charge in [0.05, 0.1) is 11.6 Å². The van der Waals surface area contributed by atoms with E-state index >= 15 is 0 Å². The molecule has 0 N–H and O–H groups in total. The molecule has 1 rings (SSSR count). The fraction of sp³-hybridized carbons (Fsp3) is 0.462. The van der Waals surface area contributed by atoms with Gasteiger partial charge in [0.15, 0.2) is 0 Å². The van der Waals surface area contributed by atoms with Crippen LogP contribution in [0.2, 0.25) is 10.0 Å². The maximum absolute atomic E-state index is 11.7. The number of halogens is 2. The molecule has 0 bridgehead atoms. The van der Waals surface area contributed by atoms with Gasteiger partial charge >= 0.3 is 0 Å². The van der Waals surface area contributed by atoms with Crippen molar-refractivity contribution in [2.75, 3.05) is 19.0 Å². The van der Waals surface area contributed by atoms with E-state index < -0.39 is 0 Å². The molecule has 0 unspecified atom stereocenters. The summed E-state index contributed by atoms with van der Waals surface area (Å²) in [6.07, 6.45) is 0. The number of hydrogen-bond donors (Lipinski definition) is 0. The highest BCUT2D eigenvalue weighted by Gasteiger charge is 2.10. The first kappa shape index (κ1) is 17.8. The SMILES string of the molecule is CC.CCOCCSC(=O)c1ccc(Cl)cc1Cl. The van der Waals surface area contributed by atoms with Gasteiger partial charge in [-0.1, -0.05) is 48.8 Å². The smallest absolute Gasteiger partial charge is 0.220 e. The standard InChI is InChI=1S/C11H12Cl2O2S.C2H6/c1-2-15-5-6-16-11(14)9-4-3-8(12)7-10(9)13;1-2/h3-4,7H,2,5-6H2,1H3;1-2H3. The molecule has 0 atom stereocenters. The van der Waals surface area contributed by atoms with Crippen molar-refractivity contribution in [3.63, 3.8) is 0 Å². The van der Waals surface area contributed by atoms with Crippen molar-refractivity contribution in [3.05, 3.63) is 33.8 Å². The van der Waals surface area contributed by atoms with Crippen LogP contribution in [0.1, 0.15) is 31.1 Å². The Morgan fingerprint density at radius 2 is 2.00 bits per heavy atom. The molecule has 0 amide bonds. The Labute approximate surface area is 123 Å². The Bertz CT molecular complexity index is 370. The molecule has 0 spiro atoms. The summed E-state index contributed by atoms with van der Waals surface area (Å²) in [5, 5.41) is 0.864. The average Bonchev–Trinajstić information content (AvgIpc) is 2.37. The second-order valence-electron chi connectivity index (χ2n) is 2.96. The van der Waals surface area contributed by atoms with Gasteiger partial charge in [0, 0.05) is 22.9 Å². The van der Waals surface area contributed by atoms with Crippen molar-refractivity contribution in [2.24, 2.45) is 0 Å². The lowest BCUT2D eigenvalue weighted by atomic mass is 10.2. The third-order valence-corrected chi connectivity index (χ3v) is 3.22. The first-order valence-electron chi connectivity index (χ1n) is 5.85. The number of thioether (sulfide) groups is 1. The summed E-state index contributed by atoms with van der Waals surface area (Å²) in [6.45, 7) is 7.15. The molecule has 102 valence electrons. The minimum Gasteiger partial charge on any atom is -0.381 e. The lowest BCUT2D eigenvalue weighted by Gasteiger charge is -2.03. The maximum Gasteiger partial charge on any atom is 0.220 e. The second-order valence-corrected chi connectivity index (χ2v) is 4.87. The summed E-state index contributed by atoms with van der Waals surface area (Å²) in [5.41, 5.74) is 0.493. The van der Waals surface area contributed by atoms with E-state index in [9.17, 15) is 4.79 Å². The third kappa shape index (κ3) is 6.64. The van der Waals surface area contributed by atoms with Crippen molar-refractivity contribution in [1.29, 1.82) is 0 Å². The van der Waals surface area contributed by atoms with Gasteiger partial charge in [-0.2, -0.15) is 0 Å². The van der Waals surface area contributed by atoms with Crippen molar-refractivity contribution in [3.8, 4) is 0 Å². The summed E-state index contributed by atoms with van der Waals surface area (Å²) in [6, 6.07) is 4.86. The van der Waals surface area contributed by atoms with Gasteiger partial charge in [0.25, 0.3) is 0 Å². The summed E-state index contributed by atoms with van der Waals surface area (Å²) in [5.74, 6) is 0.631. The highest BCUT2D eigenvalue weighted by Crippen LogP contribution is 2.24. The largest absolute Gasteiger partial charge is 0.381 e. The van der Waals surface area contributed by atoms with Crippen LogP contribution in [0.5, 0.6) is 0 Å². The molecule has 0 aromatic heterocycles. The van der Waals surface area contributed by atoms with Gasteiger partial charge < -0.3 is 4.74 Å². The molecule has 0 saturated carbocycles. The predicted molar refractivity (Wildman–Crippen MR) is 81.1 cm³/mol. The van der Waals surface area contributed by atoms with Gasteiger partial charge in [0.1, 0.15) is 0 Å². The summed E-state index contributed by atoms with van der Waals surface area (Å²) >= 11 is 12.9. The first-order valence-corrected chi connectivity index (χ1v) is 7.59. The molecule has 0 saturated heterocycles. The minimum absolute atomic E-state index is 0.0543. The molecule has 0 aliphatic carbocycles. The molecule has 5 heteroatoms. The monoisotopic (exact) mass is 308 g/mol. The molecular weight excluding hydrogens is 291 g/mol. The van der Waals surface area contributed by atoms with Crippen LogP contribution in [0, 0.1) is 0 Å². The topological polar surface area (TPSA) is 26.3 Å². The van der Waals surface area contributed by atoms with Crippen LogP contribution >= 0.6 is 35.0 Å². The molecule has 0 aliphatic rings. The van der Waals surface area contributed by atoms with Crippen LogP contribution in [0.15, 0.2) is 18.2 Å².